The van der Waals surface area contributed by atoms with Crippen LogP contribution >= 0.6 is 0 Å². The third-order valence-corrected chi connectivity index (χ3v) is 3.25. The second-order valence-electron chi connectivity index (χ2n) is 4.82. The Hall–Kier alpha value is -2.08. The van der Waals surface area contributed by atoms with Gasteiger partial charge in [0.25, 0.3) is 0 Å². The Balaban J connectivity index is 2.08. The fraction of sp³-hybridized carbons (Fsp3) is 0.429. The molecule has 1 heterocycles. The molecule has 0 atom stereocenters. The number of guanidine groups is 2. The van der Waals surface area contributed by atoms with E-state index in [1.165, 1.54) is 6.42 Å². The lowest BCUT2D eigenvalue weighted by atomic mass is 10.1. The topological polar surface area (TPSA) is 100 Å². The lowest BCUT2D eigenvalue weighted by Crippen LogP contribution is -2.41. The minimum absolute atomic E-state index is 0.0253. The molecule has 0 saturated carbocycles. The number of piperidine rings is 1. The molecule has 1 saturated heterocycles. The number of rotatable bonds is 2. The van der Waals surface area contributed by atoms with E-state index in [0.717, 1.165) is 31.5 Å². The quantitative estimate of drug-likeness (QED) is 0.552. The number of benzene rings is 1. The molecule has 1 aliphatic rings. The van der Waals surface area contributed by atoms with E-state index in [4.69, 9.17) is 16.6 Å². The summed E-state index contributed by atoms with van der Waals surface area (Å²) in [6.07, 6.45) is 3.50. The first kappa shape index (κ1) is 14.3. The van der Waals surface area contributed by atoms with E-state index >= 15 is 0 Å². The largest absolute Gasteiger partial charge is 0.392 e. The van der Waals surface area contributed by atoms with Gasteiger partial charge in [0.15, 0.2) is 5.96 Å². The van der Waals surface area contributed by atoms with Crippen LogP contribution in [0, 0.1) is 0 Å². The molecule has 1 aromatic rings. The number of aliphatic hydroxyl groups excluding tert-OH is 1. The van der Waals surface area contributed by atoms with Crippen molar-refractivity contribution in [3.8, 4) is 0 Å². The molecule has 6 heteroatoms. The Morgan fingerprint density at radius 3 is 2.65 bits per heavy atom. The normalized spacial score (nSPS) is 17.4. The number of nitrogens with zero attached hydrogens (tertiary/aromatic N) is 3. The first-order valence-electron chi connectivity index (χ1n) is 6.82. The summed E-state index contributed by atoms with van der Waals surface area (Å²) in [5, 5.41) is 9.08. The minimum Gasteiger partial charge on any atom is -0.392 e. The van der Waals surface area contributed by atoms with Gasteiger partial charge in [-0.25, -0.2) is 4.99 Å². The van der Waals surface area contributed by atoms with Crippen molar-refractivity contribution >= 4 is 17.6 Å². The third-order valence-electron chi connectivity index (χ3n) is 3.25. The Morgan fingerprint density at radius 1 is 1.20 bits per heavy atom. The summed E-state index contributed by atoms with van der Waals surface area (Å²) in [7, 11) is 0. The Labute approximate surface area is 118 Å². The second kappa shape index (κ2) is 6.91. The van der Waals surface area contributed by atoms with Gasteiger partial charge in [0.1, 0.15) is 0 Å². The predicted molar refractivity (Wildman–Crippen MR) is 80.7 cm³/mol. The molecule has 1 aromatic carbocycles. The van der Waals surface area contributed by atoms with Gasteiger partial charge >= 0.3 is 0 Å². The van der Waals surface area contributed by atoms with Crippen molar-refractivity contribution in [2.75, 3.05) is 13.1 Å². The lowest BCUT2D eigenvalue weighted by molar-refractivity contribution is 0.282. The van der Waals surface area contributed by atoms with Crippen LogP contribution < -0.4 is 11.5 Å². The van der Waals surface area contributed by atoms with Crippen LogP contribution in [0.4, 0.5) is 5.69 Å². The standard InChI is InChI=1S/C14H21N5O/c15-13(17-12-6-4-5-11(9-12)10-20)18-14(16)19-7-2-1-3-8-19/h4-6,9,20H,1-3,7-8,10H2,(H4,15,16,17,18). The monoisotopic (exact) mass is 275 g/mol. The van der Waals surface area contributed by atoms with E-state index in [1.807, 2.05) is 17.0 Å². The van der Waals surface area contributed by atoms with E-state index < -0.39 is 0 Å². The molecule has 0 amide bonds. The van der Waals surface area contributed by atoms with E-state index in [-0.39, 0.29) is 12.6 Å². The van der Waals surface area contributed by atoms with Gasteiger partial charge in [0, 0.05) is 13.1 Å². The molecule has 108 valence electrons. The van der Waals surface area contributed by atoms with E-state index in [2.05, 4.69) is 9.98 Å². The Kier molecular flexibility index (Phi) is 4.95. The summed E-state index contributed by atoms with van der Waals surface area (Å²) in [5.74, 6) is 0.549. The van der Waals surface area contributed by atoms with Crippen molar-refractivity contribution in [2.24, 2.45) is 21.5 Å². The van der Waals surface area contributed by atoms with Gasteiger partial charge in [-0.3, -0.25) is 0 Å². The van der Waals surface area contributed by atoms with Crippen LogP contribution in [0.2, 0.25) is 0 Å². The number of likely N-dealkylation sites (tertiary alicyclic amines) is 1. The van der Waals surface area contributed by atoms with Crippen LogP contribution in [0.15, 0.2) is 34.3 Å². The van der Waals surface area contributed by atoms with Crippen LogP contribution in [-0.2, 0) is 6.61 Å². The number of aliphatic imine (C=N–C) groups is 2. The molecule has 0 aliphatic carbocycles. The maximum Gasteiger partial charge on any atom is 0.223 e. The summed E-state index contributed by atoms with van der Waals surface area (Å²) in [6, 6.07) is 7.20. The highest BCUT2D eigenvalue weighted by atomic mass is 16.3. The van der Waals surface area contributed by atoms with Crippen LogP contribution in [0.25, 0.3) is 0 Å². The van der Waals surface area contributed by atoms with E-state index in [9.17, 15) is 0 Å². The highest BCUT2D eigenvalue weighted by Crippen LogP contribution is 2.14. The highest BCUT2D eigenvalue weighted by molar-refractivity contribution is 5.94. The second-order valence-corrected chi connectivity index (χ2v) is 4.82. The van der Waals surface area contributed by atoms with E-state index in [1.54, 1.807) is 12.1 Å². The van der Waals surface area contributed by atoms with Crippen molar-refractivity contribution in [2.45, 2.75) is 25.9 Å². The number of aliphatic hydroxyl groups is 1. The van der Waals surface area contributed by atoms with Crippen molar-refractivity contribution in [3.63, 3.8) is 0 Å². The smallest absolute Gasteiger partial charge is 0.223 e. The predicted octanol–water partition coefficient (Wildman–Crippen LogP) is 0.926. The molecule has 0 unspecified atom stereocenters. The SMILES string of the molecule is NC(=Nc1cccc(CO)c1)N=C(N)N1CCCCC1. The average Bonchev–Trinajstić information content (AvgIpc) is 2.48. The molecular weight excluding hydrogens is 254 g/mol. The van der Waals surface area contributed by atoms with Gasteiger partial charge < -0.3 is 21.5 Å². The van der Waals surface area contributed by atoms with Crippen LogP contribution in [0.1, 0.15) is 24.8 Å². The zero-order valence-electron chi connectivity index (χ0n) is 11.5. The molecular formula is C14H21N5O. The molecule has 0 aromatic heterocycles. The summed E-state index contributed by atoms with van der Waals surface area (Å²) in [4.78, 5) is 10.4. The van der Waals surface area contributed by atoms with Gasteiger partial charge in [-0.05, 0) is 37.0 Å². The summed E-state index contributed by atoms with van der Waals surface area (Å²) >= 11 is 0. The van der Waals surface area contributed by atoms with Gasteiger partial charge in [0.05, 0.1) is 12.3 Å². The number of hydrogen-bond acceptors (Lipinski definition) is 2. The Morgan fingerprint density at radius 2 is 1.95 bits per heavy atom. The van der Waals surface area contributed by atoms with Crippen LogP contribution in [0.5, 0.6) is 0 Å². The van der Waals surface area contributed by atoms with Crippen molar-refractivity contribution in [3.05, 3.63) is 29.8 Å². The van der Waals surface area contributed by atoms with Gasteiger partial charge in [-0.15, -0.1) is 0 Å². The third kappa shape index (κ3) is 3.96. The molecule has 0 bridgehead atoms. The average molecular weight is 275 g/mol. The van der Waals surface area contributed by atoms with Crippen LogP contribution in [0.3, 0.4) is 0 Å². The summed E-state index contributed by atoms with van der Waals surface area (Å²) in [5.41, 5.74) is 13.2. The molecule has 1 aliphatic heterocycles. The van der Waals surface area contributed by atoms with E-state index in [0.29, 0.717) is 11.6 Å². The van der Waals surface area contributed by atoms with Crippen molar-refractivity contribution < 1.29 is 5.11 Å². The number of nitrogens with two attached hydrogens (primary N) is 2. The summed E-state index contributed by atoms with van der Waals surface area (Å²) in [6.45, 7) is 1.81. The molecule has 2 rings (SSSR count). The zero-order chi connectivity index (χ0) is 14.4. The first-order valence-corrected chi connectivity index (χ1v) is 6.82. The zero-order valence-corrected chi connectivity index (χ0v) is 11.5. The fourth-order valence-corrected chi connectivity index (χ4v) is 2.19. The molecule has 0 radical (unpaired) electrons. The van der Waals surface area contributed by atoms with Crippen molar-refractivity contribution in [1.29, 1.82) is 0 Å². The molecule has 20 heavy (non-hydrogen) atoms. The maximum atomic E-state index is 9.08. The molecule has 1 fully saturated rings. The highest BCUT2D eigenvalue weighted by Gasteiger charge is 2.12. The maximum absolute atomic E-state index is 9.08. The fourth-order valence-electron chi connectivity index (χ4n) is 2.19. The minimum atomic E-state index is -0.0253. The molecule has 6 nitrogen and oxygen atoms in total. The van der Waals surface area contributed by atoms with Crippen LogP contribution in [-0.4, -0.2) is 35.0 Å². The Bertz CT molecular complexity index is 506. The molecule has 0 spiro atoms. The van der Waals surface area contributed by atoms with Crippen molar-refractivity contribution in [1.82, 2.24) is 4.90 Å². The first-order chi connectivity index (χ1) is 9.69. The number of hydrogen-bond donors (Lipinski definition) is 3. The van der Waals surface area contributed by atoms with Gasteiger partial charge in [-0.1, -0.05) is 12.1 Å². The van der Waals surface area contributed by atoms with Gasteiger partial charge in [-0.2, -0.15) is 4.99 Å². The summed E-state index contributed by atoms with van der Waals surface area (Å²) < 4.78 is 0. The van der Waals surface area contributed by atoms with Gasteiger partial charge in [0.2, 0.25) is 5.96 Å². The molecule has 5 N–H and O–H groups in total. The lowest BCUT2D eigenvalue weighted by Gasteiger charge is -2.27.